The average molecular weight is 945 g/mol. The van der Waals surface area contributed by atoms with Crippen molar-refractivity contribution in [3.8, 4) is 0 Å². The minimum atomic E-state index is -1.83. The van der Waals surface area contributed by atoms with Gasteiger partial charge in [0.1, 0.15) is 6.79 Å². The average Bonchev–Trinajstić information content (AvgIpc) is 3.06. The van der Waals surface area contributed by atoms with Crippen LogP contribution in [0.3, 0.4) is 0 Å². The van der Waals surface area contributed by atoms with E-state index < -0.39 is 40.4 Å². The van der Waals surface area contributed by atoms with Gasteiger partial charge in [0.05, 0.1) is 0 Å². The summed E-state index contributed by atoms with van der Waals surface area (Å²) in [5.74, 6) is 0. The van der Waals surface area contributed by atoms with Crippen molar-refractivity contribution >= 4 is 68.3 Å². The van der Waals surface area contributed by atoms with Gasteiger partial charge in [0.25, 0.3) is 0 Å². The number of hydrogen-bond donors (Lipinski definition) is 0. The molecule has 0 fully saturated rings. The molecule has 0 amide bonds. The molecule has 7 heteroatoms. The van der Waals surface area contributed by atoms with Crippen molar-refractivity contribution in [2.45, 2.75) is 0 Å². The van der Waals surface area contributed by atoms with Crippen LogP contribution in [0.15, 0.2) is 182 Å². The second-order valence-corrected chi connectivity index (χ2v) is 21.4. The first-order chi connectivity index (χ1) is 19.9. The number of carbonyl (C=O) groups is 1. The zero-order chi connectivity index (χ0) is 27.8. The Morgan fingerprint density at radius 3 is 0.500 bits per heavy atom. The van der Waals surface area contributed by atoms with E-state index >= 15 is 0 Å². The minimum absolute atomic E-state index is 0. The molecule has 0 atom stereocenters. The first-order valence-corrected chi connectivity index (χ1v) is 20.8. The van der Waals surface area contributed by atoms with E-state index in [0.717, 1.165) is 0 Å². The van der Waals surface area contributed by atoms with Gasteiger partial charge < -0.3 is 42.0 Å². The van der Waals surface area contributed by atoms with Crippen molar-refractivity contribution in [3.05, 3.63) is 182 Å². The molecule has 0 aliphatic heterocycles. The third-order valence-electron chi connectivity index (χ3n) is 6.09. The molecule has 0 bridgehead atoms. The summed E-state index contributed by atoms with van der Waals surface area (Å²) in [6, 6.07) is 65.8. The van der Waals surface area contributed by atoms with Gasteiger partial charge in [0.15, 0.2) is 0 Å². The summed E-state index contributed by atoms with van der Waals surface area (Å²) in [5.41, 5.74) is 0. The Hall–Kier alpha value is -1.88. The molecule has 6 aromatic carbocycles. The van der Waals surface area contributed by atoms with E-state index in [0.29, 0.717) is 0 Å². The van der Waals surface area contributed by atoms with Crippen LogP contribution in [0.1, 0.15) is 0 Å². The van der Waals surface area contributed by atoms with Gasteiger partial charge in [0.2, 0.25) is 0 Å². The monoisotopic (exact) mass is 942 g/mol. The first kappa shape index (κ1) is 42.1. The number of carbonyl (C=O) groups excluding carboxylic acids is 1. The Morgan fingerprint density at radius 2 is 0.386 bits per heavy atom. The molecule has 0 heterocycles. The fourth-order valence-electron chi connectivity index (χ4n) is 4.36. The van der Waals surface area contributed by atoms with Crippen LogP contribution in [0.4, 0.5) is 0 Å². The molecule has 6 rings (SSSR count). The molecular weight excluding hydrogens is 913 g/mol. The Kier molecular flexibility index (Phi) is 23.3. The van der Waals surface area contributed by atoms with E-state index in [1.165, 1.54) is 21.1 Å². The van der Waals surface area contributed by atoms with Crippen LogP contribution in [0.25, 0.3) is 0 Å². The predicted molar refractivity (Wildman–Crippen MR) is 175 cm³/mol. The van der Waals surface area contributed by atoms with Gasteiger partial charge in [-0.3, -0.25) is 0 Å². The van der Waals surface area contributed by atoms with Gasteiger partial charge in [-0.2, -0.15) is 0 Å². The third kappa shape index (κ3) is 12.5. The second-order valence-electron chi connectivity index (χ2n) is 8.68. The van der Waals surface area contributed by atoms with Crippen LogP contribution in [0, 0.1) is 0 Å². The predicted octanol–water partition coefficient (Wildman–Crippen LogP) is -4.77. The van der Waals surface area contributed by atoms with E-state index in [4.69, 9.17) is 4.79 Å². The Labute approximate surface area is 308 Å². The summed E-state index contributed by atoms with van der Waals surface area (Å²) in [6.07, 6.45) is 0. The first-order valence-electron chi connectivity index (χ1n) is 13.1. The molecule has 0 unspecified atom stereocenters. The van der Waals surface area contributed by atoms with Crippen LogP contribution in [0.2, 0.25) is 0 Å². The molecule has 0 radical (unpaired) electrons. The van der Waals surface area contributed by atoms with Crippen molar-refractivity contribution < 1.29 is 61.5 Å². The summed E-state index contributed by atoms with van der Waals surface area (Å²) in [4.78, 5) is 8.00. The van der Waals surface area contributed by atoms with Crippen molar-refractivity contribution in [3.63, 3.8) is 0 Å². The molecule has 0 aliphatic carbocycles. The number of benzene rings is 6. The zero-order valence-corrected chi connectivity index (χ0v) is 32.8. The van der Waals surface area contributed by atoms with E-state index in [-0.39, 0.29) is 56.7 Å². The quantitative estimate of drug-likeness (QED) is 0.154. The Balaban J connectivity index is 0.000000733. The van der Waals surface area contributed by atoms with Crippen molar-refractivity contribution in [2.75, 3.05) is 0 Å². The van der Waals surface area contributed by atoms with Crippen molar-refractivity contribution in [2.24, 2.45) is 0 Å². The topological polar surface area (TPSA) is 17.1 Å². The van der Waals surface area contributed by atoms with Gasteiger partial charge in [0, 0.05) is 0 Å². The molecule has 1 nitrogen and oxygen atoms in total. The molecule has 0 saturated heterocycles. The van der Waals surface area contributed by atoms with Crippen LogP contribution < -0.4 is 58.3 Å². The number of halogens is 3. The van der Waals surface area contributed by atoms with Gasteiger partial charge in [-0.15, -0.1) is 0 Å². The molecule has 226 valence electrons. The van der Waals surface area contributed by atoms with Gasteiger partial charge in [-0.1, -0.05) is 0 Å². The summed E-state index contributed by atoms with van der Waals surface area (Å²) in [7, 11) is 0. The molecular formula is C37H32Cl3ORhSb2. The van der Waals surface area contributed by atoms with Crippen LogP contribution in [-0.2, 0) is 24.3 Å². The Morgan fingerprint density at radius 1 is 0.273 bits per heavy atom. The fourth-order valence-corrected chi connectivity index (χ4v) is 17.5. The fraction of sp³-hybridized carbons (Fsp3) is 0. The molecule has 0 aliphatic rings. The normalized spacial score (nSPS) is 9.23. The maximum atomic E-state index is 8.00. The van der Waals surface area contributed by atoms with E-state index in [2.05, 4.69) is 182 Å². The zero-order valence-electron chi connectivity index (χ0n) is 23.8. The van der Waals surface area contributed by atoms with Gasteiger partial charge in [-0.25, -0.2) is 0 Å². The molecule has 0 spiro atoms. The van der Waals surface area contributed by atoms with Crippen LogP contribution in [-0.4, -0.2) is 47.2 Å². The summed E-state index contributed by atoms with van der Waals surface area (Å²) in [6.45, 7) is 2.00. The van der Waals surface area contributed by atoms with Crippen molar-refractivity contribution in [1.82, 2.24) is 0 Å². The third-order valence-corrected chi connectivity index (χ3v) is 20.0. The Bertz CT molecular complexity index is 1210. The van der Waals surface area contributed by atoms with Crippen LogP contribution in [0.5, 0.6) is 0 Å². The van der Waals surface area contributed by atoms with Gasteiger partial charge >= 0.3 is 263 Å². The van der Waals surface area contributed by atoms with E-state index in [1.54, 1.807) is 0 Å². The number of hydrogen-bond acceptors (Lipinski definition) is 1. The summed E-state index contributed by atoms with van der Waals surface area (Å²) >= 11 is -3.65. The molecule has 0 saturated carbocycles. The molecule has 6 aromatic rings. The molecule has 0 aromatic heterocycles. The second kappa shape index (κ2) is 24.4. The van der Waals surface area contributed by atoms with Gasteiger partial charge in [-0.05, 0) is 0 Å². The van der Waals surface area contributed by atoms with Crippen LogP contribution >= 0.6 is 0 Å². The standard InChI is InChI=1S/6C6H5.CH2O.3ClH.Rh.2Sb/c6*1-2-4-6-5-3-1;1-2;;;;;;/h6*1-5H;1H2;3*1H;;;/q;;;;;;;;;;+3;;/p-3. The SMILES string of the molecule is C=O.[Cl-].[Cl-].[Cl-].[Rh+3].c1cc[c]([Sb]([c]2ccccc2)[c]2ccccc2)cc1.c1cc[c]([Sb]([c]2ccccc2)[c]2ccccc2)cc1. The van der Waals surface area contributed by atoms with E-state index in [1.807, 2.05) is 6.79 Å². The summed E-state index contributed by atoms with van der Waals surface area (Å²) in [5, 5.41) is 0. The maximum absolute atomic E-state index is 8.00. The molecule has 44 heavy (non-hydrogen) atoms. The molecule has 0 N–H and O–H groups in total. The number of rotatable bonds is 6. The van der Waals surface area contributed by atoms with E-state index in [9.17, 15) is 0 Å². The van der Waals surface area contributed by atoms with Crippen molar-refractivity contribution in [1.29, 1.82) is 0 Å². The summed E-state index contributed by atoms with van der Waals surface area (Å²) < 4.78 is 9.10.